The van der Waals surface area contributed by atoms with Crippen LogP contribution in [0.1, 0.15) is 22.5 Å². The third-order valence-electron chi connectivity index (χ3n) is 5.29. The van der Waals surface area contributed by atoms with Crippen LogP contribution in [0.25, 0.3) is 21.9 Å². The summed E-state index contributed by atoms with van der Waals surface area (Å²) in [5.74, 6) is -4.52. The lowest BCUT2D eigenvalue weighted by molar-refractivity contribution is -0.131. The molecule has 3 aromatic rings. The lowest BCUT2D eigenvalue weighted by Gasteiger charge is -2.20. The number of benzene rings is 1. The highest BCUT2D eigenvalue weighted by Gasteiger charge is 2.47. The summed E-state index contributed by atoms with van der Waals surface area (Å²) >= 11 is 0. The van der Waals surface area contributed by atoms with Gasteiger partial charge in [-0.1, -0.05) is 24.3 Å². The topological polar surface area (TPSA) is 113 Å². The van der Waals surface area contributed by atoms with Crippen LogP contribution >= 0.6 is 0 Å². The van der Waals surface area contributed by atoms with Crippen molar-refractivity contribution in [2.45, 2.75) is 24.8 Å². The van der Waals surface area contributed by atoms with Gasteiger partial charge in [0.25, 0.3) is 5.92 Å². The predicted molar refractivity (Wildman–Crippen MR) is 108 cm³/mol. The first-order valence-corrected chi connectivity index (χ1v) is 9.48. The summed E-state index contributed by atoms with van der Waals surface area (Å²) in [7, 11) is 0. The van der Waals surface area contributed by atoms with E-state index in [-0.39, 0.29) is 17.7 Å². The fourth-order valence-corrected chi connectivity index (χ4v) is 3.90. The van der Waals surface area contributed by atoms with E-state index < -0.39 is 36.7 Å². The first-order valence-electron chi connectivity index (χ1n) is 9.48. The van der Waals surface area contributed by atoms with Crippen molar-refractivity contribution in [3.63, 3.8) is 0 Å². The minimum Gasteiger partial charge on any atom is -0.366 e. The lowest BCUT2D eigenvalue weighted by atomic mass is 9.93. The van der Waals surface area contributed by atoms with Crippen LogP contribution < -0.4 is 5.73 Å². The van der Waals surface area contributed by atoms with Crippen LogP contribution in [0, 0.1) is 11.3 Å². The van der Waals surface area contributed by atoms with E-state index in [0.29, 0.717) is 11.1 Å². The number of primary amides is 1. The highest BCUT2D eigenvalue weighted by atomic mass is 19.3. The number of rotatable bonds is 4. The van der Waals surface area contributed by atoms with Crippen molar-refractivity contribution < 1.29 is 18.4 Å². The van der Waals surface area contributed by atoms with E-state index in [4.69, 9.17) is 5.73 Å². The molecular weight excluding hydrogens is 404 g/mol. The SMILES string of the molecule is N#C[C@@H]1CC(F)(F)CN1C(=O)Cc1nccc(C(N)=O)c1-c1cncc2ccccc12. The molecule has 2 amide bonds. The average molecular weight is 421 g/mol. The van der Waals surface area contributed by atoms with Crippen molar-refractivity contribution >= 4 is 22.6 Å². The highest BCUT2D eigenvalue weighted by Crippen LogP contribution is 2.35. The number of alkyl halides is 2. The third kappa shape index (κ3) is 3.80. The molecule has 1 saturated heterocycles. The number of likely N-dealkylation sites (tertiary alicyclic amines) is 1. The van der Waals surface area contributed by atoms with Gasteiger partial charge in [-0.2, -0.15) is 5.26 Å². The molecule has 0 radical (unpaired) electrons. The van der Waals surface area contributed by atoms with Gasteiger partial charge in [0.05, 0.1) is 30.3 Å². The molecule has 1 fully saturated rings. The molecule has 9 heteroatoms. The number of halogens is 2. The van der Waals surface area contributed by atoms with Crippen molar-refractivity contribution in [3.05, 3.63) is 60.2 Å². The maximum atomic E-state index is 13.8. The van der Waals surface area contributed by atoms with E-state index in [2.05, 4.69) is 9.97 Å². The zero-order chi connectivity index (χ0) is 22.2. The normalized spacial score (nSPS) is 17.5. The second-order valence-electron chi connectivity index (χ2n) is 7.36. The van der Waals surface area contributed by atoms with Gasteiger partial charge in [0.15, 0.2) is 0 Å². The standard InChI is InChI=1S/C22H17F2N5O2/c23-22(24)8-14(9-25)29(12-22)19(30)7-18-20(16(21(26)31)5-6-28-18)17-11-27-10-13-3-1-2-4-15(13)17/h1-6,10-11,14H,7-8,12H2,(H2,26,31)/t14-/m0/s1. The molecule has 7 nitrogen and oxygen atoms in total. The van der Waals surface area contributed by atoms with Crippen LogP contribution in [0.4, 0.5) is 8.78 Å². The first kappa shape index (κ1) is 20.3. The van der Waals surface area contributed by atoms with Crippen molar-refractivity contribution in [2.75, 3.05) is 6.54 Å². The summed E-state index contributed by atoms with van der Waals surface area (Å²) in [5.41, 5.74) is 6.78. The second kappa shape index (κ2) is 7.72. The maximum absolute atomic E-state index is 13.8. The van der Waals surface area contributed by atoms with Gasteiger partial charge >= 0.3 is 0 Å². The Morgan fingerprint density at radius 3 is 2.77 bits per heavy atom. The number of nitrogens with two attached hydrogens (primary N) is 1. The van der Waals surface area contributed by atoms with Crippen molar-refractivity contribution in [1.82, 2.24) is 14.9 Å². The Morgan fingerprint density at radius 1 is 1.26 bits per heavy atom. The van der Waals surface area contributed by atoms with E-state index in [0.717, 1.165) is 15.7 Å². The van der Waals surface area contributed by atoms with Gasteiger partial charge in [0.1, 0.15) is 6.04 Å². The van der Waals surface area contributed by atoms with E-state index >= 15 is 0 Å². The molecule has 0 aliphatic carbocycles. The highest BCUT2D eigenvalue weighted by molar-refractivity contribution is 6.06. The molecule has 1 aliphatic heterocycles. The Morgan fingerprint density at radius 2 is 2.03 bits per heavy atom. The number of hydrogen-bond acceptors (Lipinski definition) is 5. The zero-order valence-corrected chi connectivity index (χ0v) is 16.3. The smallest absolute Gasteiger partial charge is 0.268 e. The summed E-state index contributed by atoms with van der Waals surface area (Å²) in [6.07, 6.45) is 3.47. The molecular formula is C22H17F2N5O2. The van der Waals surface area contributed by atoms with Crippen molar-refractivity contribution in [1.29, 1.82) is 5.26 Å². The van der Waals surface area contributed by atoms with Gasteiger partial charge in [-0.25, -0.2) is 8.78 Å². The second-order valence-corrected chi connectivity index (χ2v) is 7.36. The van der Waals surface area contributed by atoms with Gasteiger partial charge in [-0.15, -0.1) is 0 Å². The number of hydrogen-bond donors (Lipinski definition) is 1. The molecule has 31 heavy (non-hydrogen) atoms. The number of pyridine rings is 2. The lowest BCUT2D eigenvalue weighted by Crippen LogP contribution is -2.37. The van der Waals surface area contributed by atoms with Gasteiger partial charge in [-0.05, 0) is 11.5 Å². The summed E-state index contributed by atoms with van der Waals surface area (Å²) in [6.45, 7) is -0.829. The molecule has 3 heterocycles. The van der Waals surface area contributed by atoms with Crippen molar-refractivity contribution in [2.24, 2.45) is 5.73 Å². The largest absolute Gasteiger partial charge is 0.366 e. The molecule has 0 saturated carbocycles. The van der Waals surface area contributed by atoms with Gasteiger partial charge in [-0.3, -0.25) is 19.6 Å². The quantitative estimate of drug-likeness (QED) is 0.696. The molecule has 1 aliphatic rings. The van der Waals surface area contributed by atoms with E-state index in [1.165, 1.54) is 12.3 Å². The number of carbonyl (C=O) groups is 2. The van der Waals surface area contributed by atoms with Crippen LogP contribution in [0.2, 0.25) is 0 Å². The summed E-state index contributed by atoms with van der Waals surface area (Å²) in [5, 5.41) is 10.8. The number of aromatic nitrogens is 2. The number of amides is 2. The van der Waals surface area contributed by atoms with Gasteiger partial charge in [0.2, 0.25) is 11.8 Å². The van der Waals surface area contributed by atoms with E-state index in [1.807, 2.05) is 24.3 Å². The Hall–Kier alpha value is -3.93. The fraction of sp³-hybridized carbons (Fsp3) is 0.227. The Bertz CT molecular complexity index is 1230. The van der Waals surface area contributed by atoms with E-state index in [9.17, 15) is 23.6 Å². The Balaban J connectivity index is 1.81. The Labute approximate surface area is 176 Å². The average Bonchev–Trinajstić information content (AvgIpc) is 3.08. The van der Waals surface area contributed by atoms with Crippen LogP contribution in [0.3, 0.4) is 0 Å². The number of fused-ring (bicyclic) bond motifs is 1. The molecule has 0 spiro atoms. The monoisotopic (exact) mass is 421 g/mol. The molecule has 2 aromatic heterocycles. The Kier molecular flexibility index (Phi) is 5.07. The summed E-state index contributed by atoms with van der Waals surface area (Å²) in [4.78, 5) is 34.3. The van der Waals surface area contributed by atoms with Crippen LogP contribution in [-0.4, -0.2) is 45.2 Å². The molecule has 2 N–H and O–H groups in total. The van der Waals surface area contributed by atoms with Crippen LogP contribution in [-0.2, 0) is 11.2 Å². The van der Waals surface area contributed by atoms with Gasteiger partial charge < -0.3 is 10.6 Å². The van der Waals surface area contributed by atoms with Crippen molar-refractivity contribution in [3.8, 4) is 17.2 Å². The maximum Gasteiger partial charge on any atom is 0.268 e. The molecule has 0 bridgehead atoms. The molecule has 156 valence electrons. The predicted octanol–water partition coefficient (Wildman–Crippen LogP) is 2.70. The molecule has 0 unspecified atom stereocenters. The number of nitriles is 1. The zero-order valence-electron chi connectivity index (χ0n) is 16.3. The van der Waals surface area contributed by atoms with Gasteiger partial charge in [0, 0.05) is 41.5 Å². The minimum absolute atomic E-state index is 0.138. The molecule has 1 atom stereocenters. The molecule has 4 rings (SSSR count). The van der Waals surface area contributed by atoms with Crippen LogP contribution in [0.15, 0.2) is 48.9 Å². The van der Waals surface area contributed by atoms with E-state index in [1.54, 1.807) is 18.5 Å². The van der Waals surface area contributed by atoms with Crippen LogP contribution in [0.5, 0.6) is 0 Å². The summed E-state index contributed by atoms with van der Waals surface area (Å²) in [6, 6.07) is 9.32. The first-order chi connectivity index (χ1) is 14.8. The third-order valence-corrected chi connectivity index (χ3v) is 5.29. The fourth-order valence-electron chi connectivity index (χ4n) is 3.90. The minimum atomic E-state index is -3.12. The number of carbonyl (C=O) groups excluding carboxylic acids is 2. The molecule has 1 aromatic carbocycles. The summed E-state index contributed by atoms with van der Waals surface area (Å²) < 4.78 is 27.6. The number of nitrogens with zero attached hydrogens (tertiary/aromatic N) is 4.